The Morgan fingerprint density at radius 2 is 1.85 bits per heavy atom. The Bertz CT molecular complexity index is 1470. The van der Waals surface area contributed by atoms with Crippen molar-refractivity contribution in [3.8, 4) is 11.8 Å². The molecule has 1 spiro atoms. The molecule has 1 amide bonds. The van der Waals surface area contributed by atoms with Crippen molar-refractivity contribution in [3.63, 3.8) is 0 Å². The average Bonchev–Trinajstić information content (AvgIpc) is 3.03. The van der Waals surface area contributed by atoms with E-state index in [9.17, 15) is 14.9 Å². The van der Waals surface area contributed by atoms with E-state index in [2.05, 4.69) is 6.07 Å². The van der Waals surface area contributed by atoms with Crippen LogP contribution < -0.4 is 20.9 Å². The Hall–Kier alpha value is -4.02. The highest BCUT2D eigenvalue weighted by Gasteiger charge is 2.60. The fourth-order valence-corrected chi connectivity index (χ4v) is 4.83. The molecule has 2 N–H and O–H groups in total. The topological polar surface area (TPSA) is 101 Å². The monoisotopic (exact) mass is 458 g/mol. The van der Waals surface area contributed by atoms with Crippen LogP contribution in [0.3, 0.4) is 0 Å². The molecule has 0 aliphatic carbocycles. The first kappa shape index (κ1) is 20.9. The average molecular weight is 459 g/mol. The van der Waals surface area contributed by atoms with Crippen LogP contribution in [0.15, 0.2) is 70.8 Å². The number of rotatable bonds is 2. The number of hydrogen-bond donors (Lipinski definition) is 1. The SMILES string of the molecule is Cc1cc2c(c(=O)n1C)[C@]1(C(=O)N(Cc3ccc(Cl)cc3)c3ccccc31)C(C#N)=C(N)O2. The number of fused-ring (bicyclic) bond motifs is 4. The number of carbonyl (C=O) groups is 1. The van der Waals surface area contributed by atoms with Gasteiger partial charge in [0.2, 0.25) is 11.8 Å². The molecule has 0 fully saturated rings. The number of nitrogens with zero attached hydrogens (tertiary/aromatic N) is 3. The highest BCUT2D eigenvalue weighted by Crippen LogP contribution is 2.54. The zero-order chi connectivity index (χ0) is 23.5. The van der Waals surface area contributed by atoms with E-state index in [0.717, 1.165) is 5.56 Å². The minimum atomic E-state index is -1.70. The Morgan fingerprint density at radius 3 is 2.55 bits per heavy atom. The van der Waals surface area contributed by atoms with E-state index in [0.29, 0.717) is 22.0 Å². The van der Waals surface area contributed by atoms with Crippen LogP contribution in [-0.4, -0.2) is 10.5 Å². The van der Waals surface area contributed by atoms with Crippen LogP contribution in [0.1, 0.15) is 22.4 Å². The number of halogens is 1. The van der Waals surface area contributed by atoms with E-state index in [1.165, 1.54) is 4.57 Å². The maximum Gasteiger partial charge on any atom is 0.259 e. The number of pyridine rings is 1. The summed E-state index contributed by atoms with van der Waals surface area (Å²) in [7, 11) is 1.62. The number of hydrogen-bond acceptors (Lipinski definition) is 5. The number of nitriles is 1. The van der Waals surface area contributed by atoms with Crippen LogP contribution in [0.2, 0.25) is 5.02 Å². The molecule has 0 bridgehead atoms. The van der Waals surface area contributed by atoms with Gasteiger partial charge in [-0.05, 0) is 30.7 Å². The van der Waals surface area contributed by atoms with Gasteiger partial charge in [-0.3, -0.25) is 9.59 Å². The Kier molecular flexibility index (Phi) is 4.59. The molecule has 3 aromatic rings. The third-order valence-corrected chi connectivity index (χ3v) is 6.63. The van der Waals surface area contributed by atoms with Gasteiger partial charge in [0.1, 0.15) is 17.4 Å². The van der Waals surface area contributed by atoms with Crippen LogP contribution in [0.4, 0.5) is 5.69 Å². The minimum Gasteiger partial charge on any atom is -0.440 e. The van der Waals surface area contributed by atoms with Gasteiger partial charge in [0.25, 0.3) is 5.56 Å². The number of carbonyl (C=O) groups excluding carboxylic acids is 1. The van der Waals surface area contributed by atoms with Crippen LogP contribution in [0.5, 0.6) is 5.75 Å². The fraction of sp³-hybridized carbons (Fsp3) is 0.160. The van der Waals surface area contributed by atoms with Crippen molar-refractivity contribution in [3.05, 3.63) is 104 Å². The molecule has 8 heteroatoms. The number of anilines is 1. The molecule has 1 atom stereocenters. The maximum absolute atomic E-state index is 14.3. The quantitative estimate of drug-likeness (QED) is 0.635. The van der Waals surface area contributed by atoms with Gasteiger partial charge in [-0.1, -0.05) is 41.9 Å². The summed E-state index contributed by atoms with van der Waals surface area (Å²) in [6.45, 7) is 1.99. The first-order valence-corrected chi connectivity index (χ1v) is 10.6. The normalized spacial score (nSPS) is 18.7. The Labute approximate surface area is 194 Å². The maximum atomic E-state index is 14.3. The second-order valence-corrected chi connectivity index (χ2v) is 8.56. The molecule has 3 heterocycles. The van der Waals surface area contributed by atoms with Crippen molar-refractivity contribution in [2.75, 3.05) is 4.90 Å². The van der Waals surface area contributed by atoms with E-state index in [-0.39, 0.29) is 29.3 Å². The molecule has 0 radical (unpaired) electrons. The third kappa shape index (κ3) is 2.74. The van der Waals surface area contributed by atoms with Crippen molar-refractivity contribution in [2.45, 2.75) is 18.9 Å². The lowest BCUT2D eigenvalue weighted by Gasteiger charge is -2.34. The first-order valence-electron chi connectivity index (χ1n) is 10.3. The van der Waals surface area contributed by atoms with Crippen molar-refractivity contribution >= 4 is 23.2 Å². The predicted molar refractivity (Wildman–Crippen MR) is 124 cm³/mol. The molecular weight excluding hydrogens is 440 g/mol. The van der Waals surface area contributed by atoms with Crippen molar-refractivity contribution in [1.29, 1.82) is 5.26 Å². The van der Waals surface area contributed by atoms with E-state index in [1.54, 1.807) is 55.3 Å². The summed E-state index contributed by atoms with van der Waals surface area (Å²) in [5.74, 6) is -0.429. The molecule has 7 nitrogen and oxygen atoms in total. The van der Waals surface area contributed by atoms with E-state index in [4.69, 9.17) is 22.1 Å². The van der Waals surface area contributed by atoms with Gasteiger partial charge in [0, 0.05) is 35.1 Å². The summed E-state index contributed by atoms with van der Waals surface area (Å²) in [6.07, 6.45) is 0. The lowest BCUT2D eigenvalue weighted by atomic mass is 9.69. The molecule has 0 saturated heterocycles. The van der Waals surface area contributed by atoms with E-state index < -0.39 is 16.9 Å². The molecule has 2 aromatic carbocycles. The largest absolute Gasteiger partial charge is 0.440 e. The summed E-state index contributed by atoms with van der Waals surface area (Å²) in [5.41, 5.74) is 6.68. The molecular formula is C25H19ClN4O3. The zero-order valence-electron chi connectivity index (χ0n) is 17.9. The van der Waals surface area contributed by atoms with Crippen molar-refractivity contribution < 1.29 is 9.53 Å². The second kappa shape index (κ2) is 7.26. The van der Waals surface area contributed by atoms with Crippen LogP contribution >= 0.6 is 11.6 Å². The number of amides is 1. The molecule has 164 valence electrons. The molecule has 0 saturated carbocycles. The first-order chi connectivity index (χ1) is 15.8. The number of aryl methyl sites for hydroxylation is 1. The summed E-state index contributed by atoms with van der Waals surface area (Å²) in [5, 5.41) is 10.7. The van der Waals surface area contributed by atoms with Crippen LogP contribution in [-0.2, 0) is 23.8 Å². The van der Waals surface area contributed by atoms with Crippen LogP contribution in [0.25, 0.3) is 0 Å². The van der Waals surface area contributed by atoms with Crippen molar-refractivity contribution in [1.82, 2.24) is 4.57 Å². The van der Waals surface area contributed by atoms with Gasteiger partial charge in [-0.15, -0.1) is 0 Å². The van der Waals surface area contributed by atoms with Gasteiger partial charge >= 0.3 is 0 Å². The molecule has 33 heavy (non-hydrogen) atoms. The lowest BCUT2D eigenvalue weighted by Crippen LogP contribution is -2.49. The Balaban J connectivity index is 1.83. The van der Waals surface area contributed by atoms with Gasteiger partial charge in [-0.2, -0.15) is 5.26 Å². The highest BCUT2D eigenvalue weighted by molar-refractivity contribution is 6.30. The predicted octanol–water partition coefficient (Wildman–Crippen LogP) is 3.27. The summed E-state index contributed by atoms with van der Waals surface area (Å²) < 4.78 is 7.15. The zero-order valence-corrected chi connectivity index (χ0v) is 18.7. The van der Waals surface area contributed by atoms with E-state index in [1.807, 2.05) is 18.2 Å². The van der Waals surface area contributed by atoms with Crippen LogP contribution in [0, 0.1) is 18.3 Å². The summed E-state index contributed by atoms with van der Waals surface area (Å²) in [4.78, 5) is 29.4. The minimum absolute atomic E-state index is 0.0907. The lowest BCUT2D eigenvalue weighted by molar-refractivity contribution is -0.121. The molecule has 1 aromatic heterocycles. The number of para-hydroxylation sites is 1. The highest BCUT2D eigenvalue weighted by atomic mass is 35.5. The second-order valence-electron chi connectivity index (χ2n) is 8.13. The summed E-state index contributed by atoms with van der Waals surface area (Å²) in [6, 6.07) is 18.0. The number of nitrogens with two attached hydrogens (primary N) is 1. The number of aromatic nitrogens is 1. The number of ether oxygens (including phenoxy) is 1. The van der Waals surface area contributed by atoms with Gasteiger partial charge < -0.3 is 19.9 Å². The fourth-order valence-electron chi connectivity index (χ4n) is 4.70. The molecule has 5 rings (SSSR count). The number of benzene rings is 2. The smallest absolute Gasteiger partial charge is 0.259 e. The standard InChI is InChI=1S/C25H19ClN4O3/c1-14-11-20-21(23(31)29(14)2)25(18(12-27)22(28)33-20)17-5-3-4-6-19(17)30(24(25)32)13-15-7-9-16(26)10-8-15/h3-11H,13,28H2,1-2H3/t25-/m1/s1. The Morgan fingerprint density at radius 1 is 1.15 bits per heavy atom. The van der Waals surface area contributed by atoms with Gasteiger partial charge in [-0.25, -0.2) is 0 Å². The summed E-state index contributed by atoms with van der Waals surface area (Å²) >= 11 is 6.02. The van der Waals surface area contributed by atoms with Crippen molar-refractivity contribution in [2.24, 2.45) is 12.8 Å². The van der Waals surface area contributed by atoms with Gasteiger partial charge in [0.15, 0.2) is 5.41 Å². The third-order valence-electron chi connectivity index (χ3n) is 6.38. The van der Waals surface area contributed by atoms with E-state index >= 15 is 0 Å². The molecule has 2 aliphatic heterocycles. The van der Waals surface area contributed by atoms with Gasteiger partial charge in [0.05, 0.1) is 12.1 Å². The molecule has 2 aliphatic rings. The molecule has 0 unspecified atom stereocenters.